The van der Waals surface area contributed by atoms with Crippen molar-refractivity contribution in [2.24, 2.45) is 5.92 Å². The van der Waals surface area contributed by atoms with Crippen molar-refractivity contribution in [3.8, 4) is 0 Å². The fourth-order valence-electron chi connectivity index (χ4n) is 2.42. The van der Waals surface area contributed by atoms with Crippen LogP contribution in [0.5, 0.6) is 0 Å². The van der Waals surface area contributed by atoms with Gasteiger partial charge in [-0.15, -0.1) is 0 Å². The Bertz CT molecular complexity index is 461. The third kappa shape index (κ3) is 2.75. The molecule has 0 spiro atoms. The minimum absolute atomic E-state index is 0.0741. The molecule has 0 aromatic heterocycles. The van der Waals surface area contributed by atoms with Crippen LogP contribution in [0.2, 0.25) is 0 Å². The first kappa shape index (κ1) is 13.6. The van der Waals surface area contributed by atoms with Crippen LogP contribution in [0.15, 0.2) is 22.7 Å². The molecular formula is C14H18BrNO2. The van der Waals surface area contributed by atoms with Gasteiger partial charge in [0.1, 0.15) is 0 Å². The van der Waals surface area contributed by atoms with Crippen molar-refractivity contribution < 1.29 is 9.90 Å². The lowest BCUT2D eigenvalue weighted by Crippen LogP contribution is -2.42. The molecule has 18 heavy (non-hydrogen) atoms. The second-order valence-corrected chi connectivity index (χ2v) is 5.91. The van der Waals surface area contributed by atoms with E-state index in [1.807, 2.05) is 25.1 Å². The maximum absolute atomic E-state index is 11.7. The summed E-state index contributed by atoms with van der Waals surface area (Å²) in [7, 11) is 0. The lowest BCUT2D eigenvalue weighted by atomic mass is 9.95. The number of aliphatic hydroxyl groups is 1. The van der Waals surface area contributed by atoms with Crippen molar-refractivity contribution in [1.29, 1.82) is 0 Å². The number of ketones is 1. The van der Waals surface area contributed by atoms with E-state index in [4.69, 9.17) is 0 Å². The summed E-state index contributed by atoms with van der Waals surface area (Å²) >= 11 is 3.40. The standard InChI is InChI=1S/C14H18BrNO2/c1-9-8-16(6-5-14(9)18)13-4-3-11(15)7-12(13)10(2)17/h3-4,7,9,14,18H,5-6,8H2,1-2H3. The molecule has 0 bridgehead atoms. The molecule has 2 unspecified atom stereocenters. The fraction of sp³-hybridized carbons (Fsp3) is 0.500. The smallest absolute Gasteiger partial charge is 0.161 e. The highest BCUT2D eigenvalue weighted by Crippen LogP contribution is 2.29. The monoisotopic (exact) mass is 311 g/mol. The van der Waals surface area contributed by atoms with Crippen molar-refractivity contribution in [1.82, 2.24) is 0 Å². The van der Waals surface area contributed by atoms with Gasteiger partial charge in [0.25, 0.3) is 0 Å². The van der Waals surface area contributed by atoms with E-state index < -0.39 is 0 Å². The Morgan fingerprint density at radius 3 is 2.83 bits per heavy atom. The Hall–Kier alpha value is -0.870. The van der Waals surface area contributed by atoms with Gasteiger partial charge in [0.2, 0.25) is 0 Å². The molecule has 0 saturated carbocycles. The van der Waals surface area contributed by atoms with E-state index in [2.05, 4.69) is 20.8 Å². The van der Waals surface area contributed by atoms with Crippen molar-refractivity contribution in [3.05, 3.63) is 28.2 Å². The second-order valence-electron chi connectivity index (χ2n) is 5.00. The third-order valence-electron chi connectivity index (χ3n) is 3.54. The molecule has 4 heteroatoms. The lowest BCUT2D eigenvalue weighted by Gasteiger charge is -2.36. The Balaban J connectivity index is 2.30. The molecule has 3 nitrogen and oxygen atoms in total. The highest BCUT2D eigenvalue weighted by Gasteiger charge is 2.26. The van der Waals surface area contributed by atoms with Gasteiger partial charge in [-0.25, -0.2) is 0 Å². The number of hydrogen-bond acceptors (Lipinski definition) is 3. The van der Waals surface area contributed by atoms with Gasteiger partial charge >= 0.3 is 0 Å². The summed E-state index contributed by atoms with van der Waals surface area (Å²) in [6, 6.07) is 5.80. The van der Waals surface area contributed by atoms with Gasteiger partial charge in [0, 0.05) is 28.8 Å². The van der Waals surface area contributed by atoms with Crippen LogP contribution in [0.25, 0.3) is 0 Å². The van der Waals surface area contributed by atoms with Gasteiger partial charge in [-0.2, -0.15) is 0 Å². The zero-order valence-electron chi connectivity index (χ0n) is 10.7. The first-order chi connectivity index (χ1) is 8.49. The van der Waals surface area contributed by atoms with Crippen LogP contribution in [-0.2, 0) is 0 Å². The lowest BCUT2D eigenvalue weighted by molar-refractivity contribution is 0.0967. The zero-order chi connectivity index (χ0) is 13.3. The molecule has 1 N–H and O–H groups in total. The zero-order valence-corrected chi connectivity index (χ0v) is 12.3. The molecule has 0 radical (unpaired) electrons. The minimum Gasteiger partial charge on any atom is -0.393 e. The molecule has 1 saturated heterocycles. The largest absolute Gasteiger partial charge is 0.393 e. The van der Waals surface area contributed by atoms with Gasteiger partial charge in [-0.3, -0.25) is 4.79 Å². The summed E-state index contributed by atoms with van der Waals surface area (Å²) in [5.74, 6) is 0.312. The number of piperidine rings is 1. The predicted molar refractivity (Wildman–Crippen MR) is 76.1 cm³/mol. The van der Waals surface area contributed by atoms with Crippen LogP contribution in [0, 0.1) is 5.92 Å². The number of anilines is 1. The Kier molecular flexibility index (Phi) is 4.07. The van der Waals surface area contributed by atoms with Crippen LogP contribution in [0.1, 0.15) is 30.6 Å². The van der Waals surface area contributed by atoms with Crippen molar-refractivity contribution in [2.45, 2.75) is 26.4 Å². The number of carbonyl (C=O) groups excluding carboxylic acids is 1. The molecule has 1 aromatic carbocycles. The molecule has 2 atom stereocenters. The Labute approximate surface area is 116 Å². The molecule has 1 aromatic rings. The summed E-state index contributed by atoms with van der Waals surface area (Å²) in [4.78, 5) is 13.9. The number of carbonyl (C=O) groups is 1. The number of nitrogens with zero attached hydrogens (tertiary/aromatic N) is 1. The second kappa shape index (κ2) is 5.41. The number of hydrogen-bond donors (Lipinski definition) is 1. The third-order valence-corrected chi connectivity index (χ3v) is 4.03. The highest BCUT2D eigenvalue weighted by molar-refractivity contribution is 9.10. The maximum atomic E-state index is 11.7. The van der Waals surface area contributed by atoms with E-state index in [1.54, 1.807) is 6.92 Å². The van der Waals surface area contributed by atoms with E-state index in [9.17, 15) is 9.90 Å². The number of Topliss-reactive ketones (excluding diaryl/α,β-unsaturated/α-hetero) is 1. The van der Waals surface area contributed by atoms with Crippen molar-refractivity contribution in [3.63, 3.8) is 0 Å². The highest BCUT2D eigenvalue weighted by atomic mass is 79.9. The van der Waals surface area contributed by atoms with E-state index in [0.29, 0.717) is 0 Å². The fourth-order valence-corrected chi connectivity index (χ4v) is 2.78. The average molecular weight is 312 g/mol. The Morgan fingerprint density at radius 2 is 2.22 bits per heavy atom. The van der Waals surface area contributed by atoms with Gasteiger partial charge in [-0.1, -0.05) is 22.9 Å². The number of halogens is 1. The first-order valence-corrected chi connectivity index (χ1v) is 7.02. The van der Waals surface area contributed by atoms with Crippen molar-refractivity contribution >= 4 is 27.4 Å². The predicted octanol–water partition coefficient (Wildman–Crippen LogP) is 2.86. The van der Waals surface area contributed by atoms with E-state index >= 15 is 0 Å². The van der Waals surface area contributed by atoms with E-state index in [-0.39, 0.29) is 17.8 Å². The SMILES string of the molecule is CC(=O)c1cc(Br)ccc1N1CCC(O)C(C)C1. The molecule has 98 valence electrons. The average Bonchev–Trinajstić information content (AvgIpc) is 2.32. The summed E-state index contributed by atoms with van der Waals surface area (Å²) in [5.41, 5.74) is 1.72. The van der Waals surface area contributed by atoms with Crippen LogP contribution in [-0.4, -0.2) is 30.1 Å². The topological polar surface area (TPSA) is 40.5 Å². The van der Waals surface area contributed by atoms with Gasteiger partial charge in [-0.05, 0) is 37.5 Å². The van der Waals surface area contributed by atoms with E-state index in [0.717, 1.165) is 35.2 Å². The van der Waals surface area contributed by atoms with Crippen LogP contribution >= 0.6 is 15.9 Å². The van der Waals surface area contributed by atoms with Crippen LogP contribution < -0.4 is 4.90 Å². The number of aliphatic hydroxyl groups excluding tert-OH is 1. The summed E-state index contributed by atoms with van der Waals surface area (Å²) in [6.07, 6.45) is 0.534. The maximum Gasteiger partial charge on any atom is 0.161 e. The summed E-state index contributed by atoms with van der Waals surface area (Å²) < 4.78 is 0.918. The molecule has 1 heterocycles. The number of rotatable bonds is 2. The summed E-state index contributed by atoms with van der Waals surface area (Å²) in [5, 5.41) is 9.76. The molecule has 1 aliphatic rings. The van der Waals surface area contributed by atoms with Gasteiger partial charge < -0.3 is 10.0 Å². The molecule has 1 fully saturated rings. The first-order valence-electron chi connectivity index (χ1n) is 6.22. The van der Waals surface area contributed by atoms with Crippen LogP contribution in [0.4, 0.5) is 5.69 Å². The minimum atomic E-state index is -0.225. The molecule has 0 aliphatic carbocycles. The van der Waals surface area contributed by atoms with Crippen molar-refractivity contribution in [2.75, 3.05) is 18.0 Å². The van der Waals surface area contributed by atoms with Gasteiger partial charge in [0.15, 0.2) is 5.78 Å². The summed E-state index contributed by atoms with van der Waals surface area (Å²) in [6.45, 7) is 5.23. The van der Waals surface area contributed by atoms with E-state index in [1.165, 1.54) is 0 Å². The van der Waals surface area contributed by atoms with Gasteiger partial charge in [0.05, 0.1) is 6.10 Å². The number of benzene rings is 1. The molecule has 1 aliphatic heterocycles. The molecule has 2 rings (SSSR count). The van der Waals surface area contributed by atoms with Crippen LogP contribution in [0.3, 0.4) is 0 Å². The quantitative estimate of drug-likeness (QED) is 0.854. The molecular weight excluding hydrogens is 294 g/mol. The molecule has 0 amide bonds. The normalized spacial score (nSPS) is 24.1. The Morgan fingerprint density at radius 1 is 1.50 bits per heavy atom.